The summed E-state index contributed by atoms with van der Waals surface area (Å²) in [5.74, 6) is -1.01. The van der Waals surface area contributed by atoms with E-state index in [1.165, 1.54) is 23.1 Å². The first-order valence-electron chi connectivity index (χ1n) is 8.97. The zero-order valence-electron chi connectivity index (χ0n) is 16.1. The summed E-state index contributed by atoms with van der Waals surface area (Å²) in [5.41, 5.74) is 0.438. The number of anilines is 1. The largest absolute Gasteiger partial charge is 0.450 e. The van der Waals surface area contributed by atoms with E-state index in [4.69, 9.17) is 0 Å². The van der Waals surface area contributed by atoms with Crippen LogP contribution in [-0.2, 0) is 9.53 Å². The standard InChI is InChI=1S/C20H21N3O6/c1-3-22(13-18(24)21-20(26)29-4-2)16-11-10-15(12-17(16)23(27)28)19(25)14-8-6-5-7-9-14/h5-12H,3-4,13H2,1-2H3,(H,21,24,26). The summed E-state index contributed by atoms with van der Waals surface area (Å²) in [6, 6.07) is 12.5. The van der Waals surface area contributed by atoms with Crippen LogP contribution in [0.3, 0.4) is 0 Å². The molecule has 0 aliphatic carbocycles. The maximum atomic E-state index is 12.6. The highest BCUT2D eigenvalue weighted by atomic mass is 16.6. The summed E-state index contributed by atoms with van der Waals surface area (Å²) >= 11 is 0. The molecule has 0 bridgehead atoms. The quantitative estimate of drug-likeness (QED) is 0.412. The molecule has 9 heteroatoms. The Morgan fingerprint density at radius 1 is 1.07 bits per heavy atom. The first-order chi connectivity index (χ1) is 13.9. The number of imide groups is 1. The molecule has 0 aromatic heterocycles. The number of benzene rings is 2. The van der Waals surface area contributed by atoms with Crippen molar-refractivity contribution in [3.63, 3.8) is 0 Å². The van der Waals surface area contributed by atoms with Crippen molar-refractivity contribution in [3.8, 4) is 0 Å². The molecule has 0 aliphatic heterocycles. The molecule has 0 saturated heterocycles. The van der Waals surface area contributed by atoms with Crippen molar-refractivity contribution in [2.45, 2.75) is 13.8 Å². The highest BCUT2D eigenvalue weighted by Gasteiger charge is 2.23. The SMILES string of the molecule is CCOC(=O)NC(=O)CN(CC)c1ccc(C(=O)c2ccccc2)cc1[N+](=O)[O-]. The number of ketones is 1. The molecule has 0 fully saturated rings. The van der Waals surface area contributed by atoms with Crippen LogP contribution in [0.1, 0.15) is 29.8 Å². The van der Waals surface area contributed by atoms with Crippen molar-refractivity contribution < 1.29 is 24.0 Å². The third kappa shape index (κ3) is 5.61. The van der Waals surface area contributed by atoms with Gasteiger partial charge in [0.25, 0.3) is 5.69 Å². The van der Waals surface area contributed by atoms with Gasteiger partial charge in [-0.25, -0.2) is 4.79 Å². The molecule has 2 rings (SSSR count). The van der Waals surface area contributed by atoms with Crippen LogP contribution in [0, 0.1) is 10.1 Å². The maximum absolute atomic E-state index is 12.6. The molecule has 0 radical (unpaired) electrons. The van der Waals surface area contributed by atoms with Crippen LogP contribution in [0.4, 0.5) is 16.2 Å². The second-order valence-corrected chi connectivity index (χ2v) is 5.94. The fourth-order valence-corrected chi connectivity index (χ4v) is 2.70. The van der Waals surface area contributed by atoms with E-state index in [0.717, 1.165) is 0 Å². The van der Waals surface area contributed by atoms with Gasteiger partial charge < -0.3 is 9.64 Å². The summed E-state index contributed by atoms with van der Waals surface area (Å²) < 4.78 is 4.64. The van der Waals surface area contributed by atoms with E-state index in [0.29, 0.717) is 5.56 Å². The highest BCUT2D eigenvalue weighted by Crippen LogP contribution is 2.30. The number of ether oxygens (including phenoxy) is 1. The molecule has 0 aliphatic rings. The predicted octanol–water partition coefficient (Wildman–Crippen LogP) is 2.92. The number of nitrogens with zero attached hydrogens (tertiary/aromatic N) is 2. The Labute approximate surface area is 167 Å². The lowest BCUT2D eigenvalue weighted by Crippen LogP contribution is -2.40. The van der Waals surface area contributed by atoms with Gasteiger partial charge in [0, 0.05) is 23.7 Å². The van der Waals surface area contributed by atoms with E-state index in [1.54, 1.807) is 44.2 Å². The summed E-state index contributed by atoms with van der Waals surface area (Å²) in [5, 5.41) is 13.6. The number of nitrogens with one attached hydrogen (secondary N) is 1. The average molecular weight is 399 g/mol. The molecule has 0 saturated carbocycles. The van der Waals surface area contributed by atoms with Crippen LogP contribution in [-0.4, -0.2) is 42.4 Å². The molecule has 1 N–H and O–H groups in total. The van der Waals surface area contributed by atoms with Crippen LogP contribution < -0.4 is 10.2 Å². The summed E-state index contributed by atoms with van der Waals surface area (Å²) in [6.07, 6.45) is -0.883. The third-order valence-corrected chi connectivity index (χ3v) is 4.04. The summed E-state index contributed by atoms with van der Waals surface area (Å²) in [6.45, 7) is 3.40. The third-order valence-electron chi connectivity index (χ3n) is 4.04. The first kappa shape index (κ1) is 21.5. The number of hydrogen-bond acceptors (Lipinski definition) is 7. The average Bonchev–Trinajstić information content (AvgIpc) is 2.71. The van der Waals surface area contributed by atoms with Crippen LogP contribution >= 0.6 is 0 Å². The molecular formula is C20H21N3O6. The Kier molecular flexibility index (Phi) is 7.41. The van der Waals surface area contributed by atoms with E-state index >= 15 is 0 Å². The molecule has 2 amide bonds. The van der Waals surface area contributed by atoms with Crippen LogP contribution in [0.5, 0.6) is 0 Å². The molecule has 2 aromatic carbocycles. The molecular weight excluding hydrogens is 378 g/mol. The Bertz CT molecular complexity index is 914. The predicted molar refractivity (Wildman–Crippen MR) is 106 cm³/mol. The number of likely N-dealkylation sites (N-methyl/N-ethyl adjacent to an activating group) is 1. The number of nitro benzene ring substituents is 1. The minimum atomic E-state index is -0.883. The van der Waals surface area contributed by atoms with Crippen molar-refractivity contribution in [1.82, 2.24) is 5.32 Å². The smallest absolute Gasteiger partial charge is 0.413 e. The molecule has 0 spiro atoms. The van der Waals surface area contributed by atoms with Crippen molar-refractivity contribution >= 4 is 29.2 Å². The van der Waals surface area contributed by atoms with Gasteiger partial charge in [0.2, 0.25) is 5.91 Å². The van der Waals surface area contributed by atoms with Crippen LogP contribution in [0.2, 0.25) is 0 Å². The van der Waals surface area contributed by atoms with E-state index < -0.39 is 16.9 Å². The van der Waals surface area contributed by atoms with Gasteiger partial charge >= 0.3 is 6.09 Å². The van der Waals surface area contributed by atoms with E-state index in [1.807, 2.05) is 5.32 Å². The first-order valence-corrected chi connectivity index (χ1v) is 8.97. The lowest BCUT2D eigenvalue weighted by atomic mass is 10.0. The Balaban J connectivity index is 2.29. The summed E-state index contributed by atoms with van der Waals surface area (Å²) in [7, 11) is 0. The van der Waals surface area contributed by atoms with Gasteiger partial charge in [-0.2, -0.15) is 0 Å². The topological polar surface area (TPSA) is 119 Å². The van der Waals surface area contributed by atoms with E-state index in [2.05, 4.69) is 4.74 Å². The van der Waals surface area contributed by atoms with Crippen molar-refractivity contribution in [3.05, 3.63) is 69.8 Å². The Morgan fingerprint density at radius 3 is 2.34 bits per heavy atom. The Morgan fingerprint density at radius 2 is 1.76 bits per heavy atom. The minimum absolute atomic E-state index is 0.110. The second-order valence-electron chi connectivity index (χ2n) is 5.94. The zero-order chi connectivity index (χ0) is 21.4. The number of hydrogen-bond donors (Lipinski definition) is 1. The highest BCUT2D eigenvalue weighted by molar-refractivity contribution is 6.09. The number of carbonyl (C=O) groups excluding carboxylic acids is 3. The Hall–Kier alpha value is -3.75. The zero-order valence-corrected chi connectivity index (χ0v) is 16.1. The van der Waals surface area contributed by atoms with Gasteiger partial charge in [-0.15, -0.1) is 0 Å². The van der Waals surface area contributed by atoms with Gasteiger partial charge in [-0.05, 0) is 26.0 Å². The van der Waals surface area contributed by atoms with Crippen molar-refractivity contribution in [2.24, 2.45) is 0 Å². The number of nitro groups is 1. The minimum Gasteiger partial charge on any atom is -0.450 e. The fraction of sp³-hybridized carbons (Fsp3) is 0.250. The normalized spacial score (nSPS) is 10.1. The van der Waals surface area contributed by atoms with Gasteiger partial charge in [0.05, 0.1) is 18.1 Å². The van der Waals surface area contributed by atoms with E-state index in [9.17, 15) is 24.5 Å². The number of alkyl carbamates (subject to hydrolysis) is 1. The van der Waals surface area contributed by atoms with Crippen LogP contribution in [0.15, 0.2) is 48.5 Å². The molecule has 9 nitrogen and oxygen atoms in total. The van der Waals surface area contributed by atoms with Crippen molar-refractivity contribution in [2.75, 3.05) is 24.6 Å². The number of carbonyl (C=O) groups is 3. The summed E-state index contributed by atoms with van der Waals surface area (Å²) in [4.78, 5) is 48.4. The van der Waals surface area contributed by atoms with Gasteiger partial charge in [-0.1, -0.05) is 30.3 Å². The molecule has 0 atom stereocenters. The van der Waals surface area contributed by atoms with Crippen molar-refractivity contribution in [1.29, 1.82) is 0 Å². The second kappa shape index (κ2) is 9.98. The lowest BCUT2D eigenvalue weighted by molar-refractivity contribution is -0.384. The van der Waals surface area contributed by atoms with E-state index in [-0.39, 0.29) is 42.4 Å². The van der Waals surface area contributed by atoms with Crippen LogP contribution in [0.25, 0.3) is 0 Å². The molecule has 152 valence electrons. The number of amides is 2. The van der Waals surface area contributed by atoms with Gasteiger partial charge in [0.1, 0.15) is 5.69 Å². The molecule has 2 aromatic rings. The lowest BCUT2D eigenvalue weighted by Gasteiger charge is -2.22. The number of rotatable bonds is 8. The van der Waals surface area contributed by atoms with Gasteiger partial charge in [0.15, 0.2) is 5.78 Å². The molecule has 29 heavy (non-hydrogen) atoms. The molecule has 0 unspecified atom stereocenters. The maximum Gasteiger partial charge on any atom is 0.413 e. The van der Waals surface area contributed by atoms with Gasteiger partial charge in [-0.3, -0.25) is 25.0 Å². The molecule has 0 heterocycles. The fourth-order valence-electron chi connectivity index (χ4n) is 2.70. The monoisotopic (exact) mass is 399 g/mol.